The molecule has 2 atom stereocenters. The molecule has 0 radical (unpaired) electrons. The molecule has 2 aromatic rings. The Hall–Kier alpha value is -2.18. The van der Waals surface area contributed by atoms with Crippen molar-refractivity contribution in [1.29, 1.82) is 0 Å². The maximum atomic E-state index is 11.0. The molecule has 0 bridgehead atoms. The second kappa shape index (κ2) is 8.67. The molecule has 3 rings (SSSR count). The lowest BCUT2D eigenvalue weighted by Gasteiger charge is -2.29. The maximum absolute atomic E-state index is 11.0. The molecule has 1 fully saturated rings. The number of likely N-dealkylation sites (tertiary alicyclic amines) is 1. The first-order chi connectivity index (χ1) is 13.0. The average molecular weight is 370 g/mol. The van der Waals surface area contributed by atoms with Gasteiger partial charge in [-0.2, -0.15) is 0 Å². The number of imidazole rings is 1. The van der Waals surface area contributed by atoms with E-state index in [1.165, 1.54) is 5.56 Å². The van der Waals surface area contributed by atoms with Crippen LogP contribution >= 0.6 is 0 Å². The molecule has 27 heavy (non-hydrogen) atoms. The third-order valence-electron chi connectivity index (χ3n) is 5.77. The van der Waals surface area contributed by atoms with Crippen molar-refractivity contribution >= 4 is 5.97 Å². The van der Waals surface area contributed by atoms with E-state index in [9.17, 15) is 4.79 Å². The van der Waals surface area contributed by atoms with E-state index in [-0.39, 0.29) is 6.54 Å². The zero-order chi connectivity index (χ0) is 19.4. The van der Waals surface area contributed by atoms with Gasteiger partial charge in [-0.25, -0.2) is 4.98 Å². The highest BCUT2D eigenvalue weighted by Crippen LogP contribution is 2.26. The molecule has 1 aromatic carbocycles. The maximum Gasteiger partial charge on any atom is 0.317 e. The van der Waals surface area contributed by atoms with Crippen LogP contribution in [0.15, 0.2) is 36.7 Å². The number of carbonyl (C=O) groups is 1. The number of nitrogens with zero attached hydrogens (tertiary/aromatic N) is 4. The van der Waals surface area contributed by atoms with Gasteiger partial charge in [0.2, 0.25) is 0 Å². The van der Waals surface area contributed by atoms with E-state index in [1.54, 1.807) is 0 Å². The molecule has 0 spiro atoms. The van der Waals surface area contributed by atoms with Crippen LogP contribution in [0.2, 0.25) is 0 Å². The van der Waals surface area contributed by atoms with Crippen molar-refractivity contribution < 1.29 is 9.90 Å². The molecule has 6 heteroatoms. The van der Waals surface area contributed by atoms with Gasteiger partial charge < -0.3 is 9.67 Å². The van der Waals surface area contributed by atoms with Crippen LogP contribution in [0.4, 0.5) is 0 Å². The van der Waals surface area contributed by atoms with E-state index < -0.39 is 5.97 Å². The molecule has 2 unspecified atom stereocenters. The highest BCUT2D eigenvalue weighted by Gasteiger charge is 2.24. The van der Waals surface area contributed by atoms with Crippen LogP contribution in [0.25, 0.3) is 5.69 Å². The van der Waals surface area contributed by atoms with Crippen LogP contribution in [0.3, 0.4) is 0 Å². The predicted octanol–water partition coefficient (Wildman–Crippen LogP) is 3.11. The lowest BCUT2D eigenvalue weighted by molar-refractivity contribution is -0.138. The monoisotopic (exact) mass is 370 g/mol. The minimum absolute atomic E-state index is 0.120. The van der Waals surface area contributed by atoms with Crippen molar-refractivity contribution in [3.05, 3.63) is 48.0 Å². The largest absolute Gasteiger partial charge is 0.480 e. The number of likely N-dealkylation sites (N-methyl/N-ethyl adjacent to an activating group) is 1. The molecule has 0 amide bonds. The number of carboxylic acids is 1. The quantitative estimate of drug-likeness (QED) is 0.847. The molecule has 0 saturated carbocycles. The number of aliphatic carboxylic acids is 1. The number of hydrogen-bond donors (Lipinski definition) is 1. The normalized spacial score (nSPS) is 19.8. The minimum atomic E-state index is -0.750. The van der Waals surface area contributed by atoms with E-state index in [0.717, 1.165) is 43.9 Å². The molecular formula is C21H30N4O2. The minimum Gasteiger partial charge on any atom is -0.480 e. The van der Waals surface area contributed by atoms with Crippen molar-refractivity contribution in [3.63, 3.8) is 0 Å². The Morgan fingerprint density at radius 2 is 2.04 bits per heavy atom. The number of aromatic nitrogens is 2. The molecular weight excluding hydrogens is 340 g/mol. The molecule has 146 valence electrons. The summed E-state index contributed by atoms with van der Waals surface area (Å²) < 4.78 is 2.09. The summed E-state index contributed by atoms with van der Waals surface area (Å²) in [7, 11) is 1.93. The lowest BCUT2D eigenvalue weighted by atomic mass is 10.1. The third-order valence-corrected chi connectivity index (χ3v) is 5.77. The summed E-state index contributed by atoms with van der Waals surface area (Å²) in [6.45, 7) is 6.44. The van der Waals surface area contributed by atoms with Crippen LogP contribution in [-0.2, 0) is 4.79 Å². The van der Waals surface area contributed by atoms with Crippen LogP contribution in [-0.4, -0.2) is 63.2 Å². The van der Waals surface area contributed by atoms with Crippen LogP contribution in [0.1, 0.15) is 43.6 Å². The first-order valence-electron chi connectivity index (χ1n) is 9.72. The first kappa shape index (κ1) is 19.6. The summed E-state index contributed by atoms with van der Waals surface area (Å²) >= 11 is 0. The molecule has 1 aromatic heterocycles. The first-order valence-corrected chi connectivity index (χ1v) is 9.72. The van der Waals surface area contributed by atoms with Crippen LogP contribution in [0, 0.1) is 6.92 Å². The fourth-order valence-electron chi connectivity index (χ4n) is 4.05. The summed E-state index contributed by atoms with van der Waals surface area (Å²) in [5.41, 5.74) is 2.45. The van der Waals surface area contributed by atoms with Crippen molar-refractivity contribution in [2.75, 3.05) is 26.7 Å². The van der Waals surface area contributed by atoms with Gasteiger partial charge in [0.25, 0.3) is 0 Å². The third kappa shape index (κ3) is 4.76. The van der Waals surface area contributed by atoms with Gasteiger partial charge >= 0.3 is 5.97 Å². The van der Waals surface area contributed by atoms with E-state index in [2.05, 4.69) is 45.6 Å². The number of benzene rings is 1. The zero-order valence-corrected chi connectivity index (χ0v) is 16.5. The van der Waals surface area contributed by atoms with Crippen molar-refractivity contribution in [3.8, 4) is 5.69 Å². The van der Waals surface area contributed by atoms with E-state index in [1.807, 2.05) is 31.3 Å². The Balaban J connectivity index is 1.63. The van der Waals surface area contributed by atoms with E-state index in [0.29, 0.717) is 12.1 Å². The van der Waals surface area contributed by atoms with Gasteiger partial charge in [0.1, 0.15) is 5.82 Å². The summed E-state index contributed by atoms with van der Waals surface area (Å²) in [5, 5.41) is 9.02. The van der Waals surface area contributed by atoms with E-state index in [4.69, 9.17) is 5.11 Å². The van der Waals surface area contributed by atoms with Gasteiger partial charge in [-0.1, -0.05) is 12.1 Å². The Morgan fingerprint density at radius 3 is 2.67 bits per heavy atom. The van der Waals surface area contributed by atoms with Gasteiger partial charge in [-0.15, -0.1) is 0 Å². The number of hydrogen-bond acceptors (Lipinski definition) is 4. The van der Waals surface area contributed by atoms with Crippen molar-refractivity contribution in [1.82, 2.24) is 19.4 Å². The highest BCUT2D eigenvalue weighted by atomic mass is 16.4. The number of rotatable bonds is 6. The fourth-order valence-corrected chi connectivity index (χ4v) is 4.05. The van der Waals surface area contributed by atoms with Gasteiger partial charge in [0.05, 0.1) is 6.54 Å². The summed E-state index contributed by atoms with van der Waals surface area (Å²) in [4.78, 5) is 19.8. The van der Waals surface area contributed by atoms with Crippen LogP contribution < -0.4 is 0 Å². The zero-order valence-electron chi connectivity index (χ0n) is 16.5. The summed E-state index contributed by atoms with van der Waals surface area (Å²) in [6.07, 6.45) is 6.98. The highest BCUT2D eigenvalue weighted by molar-refractivity contribution is 5.69. The SMILES string of the molecule is Cc1nccn1-c1ccc(C(C)N2CCCC(N(C)CC(=O)O)CC2)cc1. The summed E-state index contributed by atoms with van der Waals surface area (Å²) in [6, 6.07) is 9.43. The molecule has 6 nitrogen and oxygen atoms in total. The molecule has 1 aliphatic heterocycles. The van der Waals surface area contributed by atoms with Gasteiger partial charge in [-0.05, 0) is 64.4 Å². The Morgan fingerprint density at radius 1 is 1.30 bits per heavy atom. The van der Waals surface area contributed by atoms with E-state index >= 15 is 0 Å². The summed E-state index contributed by atoms with van der Waals surface area (Å²) in [5.74, 6) is 0.236. The standard InChI is InChI=1S/C21H30N4O2/c1-16(18-6-8-20(9-7-18)25-14-11-22-17(25)2)24-12-4-5-19(10-13-24)23(3)15-21(26)27/h6-9,11,14,16,19H,4-5,10,12-13,15H2,1-3H3,(H,26,27). The Bertz CT molecular complexity index is 756. The molecule has 1 saturated heterocycles. The van der Waals surface area contributed by atoms with Gasteiger partial charge in [0.15, 0.2) is 0 Å². The van der Waals surface area contributed by atoms with Gasteiger partial charge in [-0.3, -0.25) is 14.6 Å². The topological polar surface area (TPSA) is 61.6 Å². The second-order valence-corrected chi connectivity index (χ2v) is 7.54. The molecule has 2 heterocycles. The Labute approximate surface area is 161 Å². The number of aryl methyl sites for hydroxylation is 1. The molecule has 0 aliphatic carbocycles. The molecule has 1 aliphatic rings. The second-order valence-electron chi connectivity index (χ2n) is 7.54. The van der Waals surface area contributed by atoms with Crippen LogP contribution in [0.5, 0.6) is 0 Å². The Kier molecular flexibility index (Phi) is 6.29. The lowest BCUT2D eigenvalue weighted by Crippen LogP contribution is -2.36. The fraction of sp³-hybridized carbons (Fsp3) is 0.524. The van der Waals surface area contributed by atoms with Gasteiger partial charge in [0, 0.05) is 36.7 Å². The smallest absolute Gasteiger partial charge is 0.317 e. The van der Waals surface area contributed by atoms with Crippen molar-refractivity contribution in [2.24, 2.45) is 0 Å². The predicted molar refractivity (Wildman–Crippen MR) is 106 cm³/mol. The average Bonchev–Trinajstić information content (AvgIpc) is 2.92. The molecule has 1 N–H and O–H groups in total. The van der Waals surface area contributed by atoms with Crippen molar-refractivity contribution in [2.45, 2.75) is 45.2 Å². The number of carboxylic acid groups (broad SMARTS) is 1.